The Bertz CT molecular complexity index is 3100. The van der Waals surface area contributed by atoms with Crippen molar-refractivity contribution < 1.29 is 36.9 Å². The monoisotopic (exact) mass is 888 g/mol. The van der Waals surface area contributed by atoms with Gasteiger partial charge in [-0.15, -0.1) is 47.5 Å². The maximum atomic E-state index is 8.39. The molecule has 1 radical (unpaired) electrons. The van der Waals surface area contributed by atoms with Gasteiger partial charge < -0.3 is 14.4 Å². The first kappa shape index (κ1) is 27.2. The van der Waals surface area contributed by atoms with Crippen molar-refractivity contribution in [2.45, 2.75) is 47.7 Å². The number of nitrogens with zero attached hydrogens (tertiary/aromatic N) is 2. The molecule has 9 rings (SSSR count). The van der Waals surface area contributed by atoms with Crippen molar-refractivity contribution in [3.63, 3.8) is 0 Å². The molecule has 0 unspecified atom stereocenters. The number of hydrogen-bond donors (Lipinski definition) is 0. The van der Waals surface area contributed by atoms with Crippen LogP contribution in [-0.4, -0.2) is 9.97 Å². The van der Waals surface area contributed by atoms with Crippen LogP contribution in [0.5, 0.6) is 0 Å². The summed E-state index contributed by atoms with van der Waals surface area (Å²) in [5.41, 5.74) is 6.10. The Morgan fingerprint density at radius 1 is 0.685 bits per heavy atom. The van der Waals surface area contributed by atoms with Gasteiger partial charge in [0.25, 0.3) is 0 Å². The normalized spacial score (nSPS) is 14.6. The second-order valence-electron chi connectivity index (χ2n) is 14.1. The van der Waals surface area contributed by atoms with E-state index in [-0.39, 0.29) is 38.1 Å². The summed E-state index contributed by atoms with van der Waals surface area (Å²) < 4.78 is 77.8. The van der Waals surface area contributed by atoms with Crippen molar-refractivity contribution in [2.75, 3.05) is 0 Å². The van der Waals surface area contributed by atoms with E-state index in [0.717, 1.165) is 43.5 Å². The second kappa shape index (κ2) is 15.1. The molecule has 3 nitrogen and oxygen atoms in total. The molecule has 3 aromatic heterocycles. The first-order valence-electron chi connectivity index (χ1n) is 22.1. The van der Waals surface area contributed by atoms with E-state index in [4.69, 9.17) is 16.8 Å². The maximum Gasteiger partial charge on any atom is 0.129 e. The molecule has 0 fully saturated rings. The minimum absolute atomic E-state index is 0. The van der Waals surface area contributed by atoms with Gasteiger partial charge in [-0.25, -0.2) is 0 Å². The molecule has 0 aliphatic heterocycles. The molecule has 3 heterocycles. The molecule has 0 bridgehead atoms. The van der Waals surface area contributed by atoms with Crippen LogP contribution in [0, 0.1) is 38.2 Å². The molecule has 0 saturated heterocycles. The van der Waals surface area contributed by atoms with Crippen LogP contribution < -0.4 is 0 Å². The SMILES string of the molecule is [2H]C([2H])([2H])c1c[c-]c(-c2ccc(C([2H])([2H])C(C)(C)C)cn2)cc1-c1ccccc1.[2H]Cc1cc(-c2[c-]ccc3c2oc2c3ccc3ccc4ccccc4c32)ncc1C([2H])([2H])[2H].[Ir]. The van der Waals surface area contributed by atoms with E-state index in [1.165, 1.54) is 12.3 Å². The fraction of sp³-hybridized carbons (Fsp3) is 0.160. The Morgan fingerprint density at radius 2 is 1.44 bits per heavy atom. The molecule has 0 amide bonds. The van der Waals surface area contributed by atoms with Crippen LogP contribution >= 0.6 is 0 Å². The van der Waals surface area contributed by atoms with Gasteiger partial charge in [-0.05, 0) is 69.8 Å². The van der Waals surface area contributed by atoms with Crippen LogP contribution in [-0.2, 0) is 26.5 Å². The molecule has 0 N–H and O–H groups in total. The largest absolute Gasteiger partial charge is 0.500 e. The van der Waals surface area contributed by atoms with Crippen molar-refractivity contribution in [3.8, 4) is 33.6 Å². The Hall–Kier alpha value is -5.41. The van der Waals surface area contributed by atoms with Gasteiger partial charge >= 0.3 is 0 Å². The van der Waals surface area contributed by atoms with Crippen molar-refractivity contribution in [2.24, 2.45) is 5.41 Å². The van der Waals surface area contributed by atoms with Crippen molar-refractivity contribution >= 4 is 43.5 Å². The standard InChI is InChI=1S/C27H18NO.C23H24N.Ir/c1-16-14-24(28-15-17(16)2)23-9-5-8-21-22-13-12-19-11-10-18-6-3-4-7-20(18)25(19)27(22)29-26(21)23;1-17-10-12-20(14-21(17)19-8-6-5-7-9-19)22-13-11-18(16-24-22)15-23(2,3)4;/h3-8,10-15H,1-2H3;5-11,13-14,16H,15H2,1-4H3;/q2*-1;/i1D,2D3;1D3,15D2;. The molecule has 0 atom stereocenters. The topological polar surface area (TPSA) is 38.9 Å². The van der Waals surface area contributed by atoms with E-state index < -0.39 is 25.5 Å². The summed E-state index contributed by atoms with van der Waals surface area (Å²) in [6.45, 7) is 0.865. The van der Waals surface area contributed by atoms with Crippen molar-refractivity contribution in [1.82, 2.24) is 9.97 Å². The fourth-order valence-electron chi connectivity index (χ4n) is 6.67. The number of furan rings is 1. The predicted octanol–water partition coefficient (Wildman–Crippen LogP) is 13.5. The molecule has 54 heavy (non-hydrogen) atoms. The smallest absolute Gasteiger partial charge is 0.129 e. The zero-order valence-corrected chi connectivity index (χ0v) is 32.4. The number of pyridine rings is 2. The van der Waals surface area contributed by atoms with E-state index in [1.54, 1.807) is 30.5 Å². The molecule has 6 aromatic carbocycles. The first-order chi connectivity index (χ1) is 29.4. The maximum absolute atomic E-state index is 8.39. The summed E-state index contributed by atoms with van der Waals surface area (Å²) in [7, 11) is 0. The Labute approximate surface area is 344 Å². The third-order valence-corrected chi connectivity index (χ3v) is 9.15. The quantitative estimate of drug-likeness (QED) is 0.131. The molecular weight excluding hydrogens is 837 g/mol. The Morgan fingerprint density at radius 3 is 2.22 bits per heavy atom. The first-order valence-corrected chi connectivity index (χ1v) is 17.4. The Balaban J connectivity index is 0.000000188. The minimum Gasteiger partial charge on any atom is -0.500 e. The number of aryl methyl sites for hydroxylation is 3. The van der Waals surface area contributed by atoms with Gasteiger partial charge in [-0.2, -0.15) is 0 Å². The third-order valence-electron chi connectivity index (χ3n) is 9.15. The van der Waals surface area contributed by atoms with E-state index in [2.05, 4.69) is 58.5 Å². The van der Waals surface area contributed by atoms with Crippen LogP contribution in [0.4, 0.5) is 0 Å². The van der Waals surface area contributed by atoms with Crippen LogP contribution in [0.2, 0.25) is 0 Å². The molecule has 0 saturated carbocycles. The van der Waals surface area contributed by atoms with Crippen molar-refractivity contribution in [1.29, 1.82) is 0 Å². The molecule has 0 spiro atoms. The van der Waals surface area contributed by atoms with Gasteiger partial charge in [0.15, 0.2) is 0 Å². The average Bonchev–Trinajstić information content (AvgIpc) is 3.64. The molecule has 0 aliphatic carbocycles. The molecule has 0 aliphatic rings. The zero-order valence-electron chi connectivity index (χ0n) is 39.0. The minimum atomic E-state index is -2.31. The van der Waals surface area contributed by atoms with Gasteiger partial charge in [0.1, 0.15) is 5.58 Å². The zero-order chi connectivity index (χ0) is 44.2. The summed E-state index contributed by atoms with van der Waals surface area (Å²) in [6.07, 6.45) is 1.38. The average molecular weight is 888 g/mol. The number of hydrogen-bond acceptors (Lipinski definition) is 3. The van der Waals surface area contributed by atoms with Gasteiger partial charge in [0, 0.05) is 55.6 Å². The van der Waals surface area contributed by atoms with Crippen LogP contribution in [0.15, 0.2) is 138 Å². The van der Waals surface area contributed by atoms with Gasteiger partial charge in [-0.3, -0.25) is 0 Å². The Kier molecular flexibility index (Phi) is 7.63. The van der Waals surface area contributed by atoms with Gasteiger partial charge in [0.05, 0.1) is 5.58 Å². The van der Waals surface area contributed by atoms with Crippen LogP contribution in [0.1, 0.15) is 55.4 Å². The summed E-state index contributed by atoms with van der Waals surface area (Å²) in [5, 5.41) is 6.38. The molecule has 269 valence electrons. The predicted molar refractivity (Wildman–Crippen MR) is 222 cm³/mol. The van der Waals surface area contributed by atoms with E-state index in [0.29, 0.717) is 44.8 Å². The van der Waals surface area contributed by atoms with E-state index in [1.807, 2.05) is 75.4 Å². The van der Waals surface area contributed by atoms with Gasteiger partial charge in [-0.1, -0.05) is 147 Å². The number of fused-ring (bicyclic) bond motifs is 7. The number of rotatable bonds is 4. The molecular formula is C50H42IrN2O-2. The van der Waals surface area contributed by atoms with Crippen LogP contribution in [0.3, 0.4) is 0 Å². The summed E-state index contributed by atoms with van der Waals surface area (Å²) in [6, 6.07) is 44.6. The second-order valence-corrected chi connectivity index (χ2v) is 14.1. The molecule has 4 heteroatoms. The number of benzene rings is 6. The van der Waals surface area contributed by atoms with E-state index >= 15 is 0 Å². The van der Waals surface area contributed by atoms with Gasteiger partial charge in [0.2, 0.25) is 0 Å². The number of aromatic nitrogens is 2. The third kappa shape index (κ3) is 7.37. The summed E-state index contributed by atoms with van der Waals surface area (Å²) in [4.78, 5) is 8.87. The van der Waals surface area contributed by atoms with Crippen LogP contribution in [0.25, 0.3) is 77.1 Å². The molecule has 9 aromatic rings. The summed E-state index contributed by atoms with van der Waals surface area (Å²) >= 11 is 0. The van der Waals surface area contributed by atoms with E-state index in [9.17, 15) is 0 Å². The van der Waals surface area contributed by atoms with Crippen molar-refractivity contribution in [3.05, 3.63) is 168 Å². The fourth-order valence-corrected chi connectivity index (χ4v) is 6.67. The summed E-state index contributed by atoms with van der Waals surface area (Å²) in [5.74, 6) is 0.